The molecule has 0 saturated heterocycles. The van der Waals surface area contributed by atoms with Crippen LogP contribution < -0.4 is 18.8 Å². The Morgan fingerprint density at radius 1 is 0.612 bits per heavy atom. The summed E-state index contributed by atoms with van der Waals surface area (Å²) in [6, 6.07) is 10.9. The van der Waals surface area contributed by atoms with Crippen LogP contribution in [-0.4, -0.2) is 158 Å². The zero-order chi connectivity index (χ0) is 49.8. The van der Waals surface area contributed by atoms with Crippen molar-refractivity contribution < 1.29 is 65.8 Å². The van der Waals surface area contributed by atoms with Crippen molar-refractivity contribution in [3.05, 3.63) is 94.8 Å². The van der Waals surface area contributed by atoms with Crippen molar-refractivity contribution in [2.75, 3.05) is 35.2 Å². The minimum atomic E-state index is -3.66. The number of hydrogen-bond donors (Lipinski definition) is 4. The van der Waals surface area contributed by atoms with Gasteiger partial charge in [-0.05, 0) is 60.4 Å². The number of sulfonamides is 2. The summed E-state index contributed by atoms with van der Waals surface area (Å²) in [5.74, 6) is -4.28. The molecule has 0 saturated carbocycles. The number of carbonyl (C=O) groups excluding carboxylic acids is 2. The summed E-state index contributed by atoms with van der Waals surface area (Å²) in [7, 11) is -4.67. The van der Waals surface area contributed by atoms with Crippen LogP contribution in [0.2, 0.25) is 0 Å². The molecule has 2 aromatic carbocycles. The van der Waals surface area contributed by atoms with Crippen LogP contribution in [0, 0.1) is 11.6 Å². The molecule has 4 rings (SSSR count). The predicted molar refractivity (Wildman–Crippen MR) is 246 cm³/mol. The molecule has 0 aliphatic heterocycles. The molecule has 67 heavy (non-hydrogen) atoms. The molecule has 4 N–H and O–H groups in total. The Bertz CT molecular complexity index is 2430. The van der Waals surface area contributed by atoms with E-state index in [-0.39, 0.29) is 74.3 Å². The molecule has 0 unspecified atom stereocenters. The Hall–Kier alpha value is -4.52. The Labute approximate surface area is 418 Å². The van der Waals surface area contributed by atoms with Gasteiger partial charge in [0.25, 0.3) is 0 Å². The second kappa shape index (κ2) is 25.7. The molecule has 4 aromatic rings. The summed E-state index contributed by atoms with van der Waals surface area (Å²) in [6.45, 7) is 7.38. The van der Waals surface area contributed by atoms with Gasteiger partial charge in [-0.15, -0.1) is 0 Å². The third-order valence-corrected chi connectivity index (χ3v) is 11.9. The van der Waals surface area contributed by atoms with Crippen molar-refractivity contribution in [1.29, 1.82) is 0 Å². The first-order valence-corrected chi connectivity index (χ1v) is 24.0. The number of aliphatic hydroxyl groups is 4. The molecular formula is C44H54CaF2N6O12S2. The zero-order valence-electron chi connectivity index (χ0n) is 38.2. The fraction of sp³-hybridized carbons (Fsp3) is 0.409. The largest absolute Gasteiger partial charge is 2.00 e. The van der Waals surface area contributed by atoms with E-state index in [2.05, 4.69) is 19.9 Å². The smallest absolute Gasteiger partial charge is 0.550 e. The quantitative estimate of drug-likeness (QED) is 0.0918. The minimum absolute atomic E-state index is 0. The van der Waals surface area contributed by atoms with Gasteiger partial charge in [0, 0.05) is 74.0 Å². The third kappa shape index (κ3) is 18.1. The van der Waals surface area contributed by atoms with Gasteiger partial charge < -0.3 is 40.2 Å². The zero-order valence-corrected chi connectivity index (χ0v) is 42.1. The molecule has 0 spiro atoms. The van der Waals surface area contributed by atoms with Gasteiger partial charge in [-0.3, -0.25) is 0 Å². The van der Waals surface area contributed by atoms with Gasteiger partial charge in [-0.1, -0.05) is 52.0 Å². The monoisotopic (exact) mass is 1000 g/mol. The van der Waals surface area contributed by atoms with Crippen LogP contribution in [0.5, 0.6) is 0 Å². The standard InChI is InChI=1S/2C22H28FN3O6S.Ca/c2*1-13(2)20-18(10-9-16(27)11-17(28)12-19(29)30)21(14-5-7-15(23)8-6-14)25-22(24-20)26(3)33(4,31)32;/h2*5-10,13,16-17,27-28H,11-12H2,1-4H3,(H,29,30);/q;;+2/p-2/b2*10-9+;/t2*16-,17+;/m10./s1. The van der Waals surface area contributed by atoms with Gasteiger partial charge in [-0.25, -0.2) is 54.2 Å². The van der Waals surface area contributed by atoms with Crippen molar-refractivity contribution in [2.45, 2.75) is 89.6 Å². The number of nitrogens with zero attached hydrogens (tertiary/aromatic N) is 6. The van der Waals surface area contributed by atoms with Crippen LogP contribution in [0.25, 0.3) is 34.7 Å². The van der Waals surface area contributed by atoms with Crippen LogP contribution in [0.1, 0.15) is 87.7 Å². The second-order valence-electron chi connectivity index (χ2n) is 15.9. The van der Waals surface area contributed by atoms with E-state index in [0.29, 0.717) is 45.0 Å². The van der Waals surface area contributed by atoms with Gasteiger partial charge in [0.15, 0.2) is 0 Å². The third-order valence-electron chi connectivity index (χ3n) is 9.62. The number of carboxylic acids is 2. The molecule has 0 aliphatic rings. The Balaban J connectivity index is 0.000000453. The number of benzene rings is 2. The van der Waals surface area contributed by atoms with Gasteiger partial charge in [0.2, 0.25) is 31.9 Å². The van der Waals surface area contributed by atoms with Crippen LogP contribution in [0.3, 0.4) is 0 Å². The van der Waals surface area contributed by atoms with E-state index in [4.69, 9.17) is 0 Å². The van der Waals surface area contributed by atoms with E-state index in [1.54, 1.807) is 0 Å². The van der Waals surface area contributed by atoms with E-state index in [1.165, 1.54) is 86.9 Å². The molecule has 360 valence electrons. The maximum atomic E-state index is 13.5. The molecule has 0 bridgehead atoms. The molecule has 0 radical (unpaired) electrons. The SMILES string of the molecule is CC(C)c1nc(N(C)S(C)(=O)=O)nc(-c2ccc(F)cc2)c1/C=C/[C@@H](O)C[C@H](O)CC(=O)[O-].CC(C)c1nc(N(C)S(C)(=O)=O)nc(-c2ccc(F)cc2)c1/C=C/[C@H](O)C[C@@H](O)CC(=O)[O-].[Ca+2]. The van der Waals surface area contributed by atoms with Crippen molar-refractivity contribution in [3.8, 4) is 22.5 Å². The van der Waals surface area contributed by atoms with Gasteiger partial charge >= 0.3 is 37.7 Å². The van der Waals surface area contributed by atoms with Crippen LogP contribution in [0.4, 0.5) is 20.7 Å². The number of halogens is 2. The summed E-state index contributed by atoms with van der Waals surface area (Å²) in [4.78, 5) is 38.9. The molecule has 2 heterocycles. The van der Waals surface area contributed by atoms with Crippen molar-refractivity contribution in [2.24, 2.45) is 0 Å². The fourth-order valence-corrected chi connectivity index (χ4v) is 6.83. The summed E-state index contributed by atoms with van der Waals surface area (Å²) < 4.78 is 77.1. The minimum Gasteiger partial charge on any atom is -0.550 e. The Kier molecular flexibility index (Phi) is 22.5. The number of carboxylic acid groups (broad SMARTS) is 2. The fourth-order valence-electron chi connectivity index (χ4n) is 6.07. The molecular weight excluding hydrogens is 947 g/mol. The van der Waals surface area contributed by atoms with Gasteiger partial charge in [0.1, 0.15) is 11.6 Å². The first kappa shape index (κ1) is 58.6. The summed E-state index contributed by atoms with van der Waals surface area (Å²) in [5.41, 5.74) is 3.52. The summed E-state index contributed by atoms with van der Waals surface area (Å²) >= 11 is 0. The van der Waals surface area contributed by atoms with E-state index in [1.807, 2.05) is 27.7 Å². The van der Waals surface area contributed by atoms with E-state index in [0.717, 1.165) is 21.1 Å². The molecule has 2 aromatic heterocycles. The van der Waals surface area contributed by atoms with Crippen LogP contribution in [0.15, 0.2) is 60.7 Å². The number of hydrogen-bond acceptors (Lipinski definition) is 16. The molecule has 0 aliphatic carbocycles. The second-order valence-corrected chi connectivity index (χ2v) is 19.9. The maximum absolute atomic E-state index is 13.5. The topological polar surface area (TPSA) is 287 Å². The molecule has 23 heteroatoms. The number of aliphatic carboxylic acids is 2. The Morgan fingerprint density at radius 2 is 0.910 bits per heavy atom. The number of carbonyl (C=O) groups is 2. The first-order chi connectivity index (χ1) is 30.6. The van der Waals surface area contributed by atoms with Gasteiger partial charge in [-0.2, -0.15) is 0 Å². The van der Waals surface area contributed by atoms with E-state index < -0.39 is 80.9 Å². The summed E-state index contributed by atoms with van der Waals surface area (Å²) in [6.07, 6.45) is 1.16. The van der Waals surface area contributed by atoms with Crippen LogP contribution >= 0.6 is 0 Å². The number of anilines is 2. The first-order valence-electron chi connectivity index (χ1n) is 20.3. The normalized spacial score (nSPS) is 13.7. The molecule has 18 nitrogen and oxygen atoms in total. The molecule has 0 fully saturated rings. The Morgan fingerprint density at radius 3 is 1.16 bits per heavy atom. The van der Waals surface area contributed by atoms with E-state index >= 15 is 0 Å². The van der Waals surface area contributed by atoms with E-state index in [9.17, 15) is 65.8 Å². The maximum Gasteiger partial charge on any atom is 2.00 e. The van der Waals surface area contributed by atoms with Crippen molar-refractivity contribution in [1.82, 2.24) is 19.9 Å². The van der Waals surface area contributed by atoms with Crippen molar-refractivity contribution in [3.63, 3.8) is 0 Å². The number of aliphatic hydroxyl groups excluding tert-OH is 4. The van der Waals surface area contributed by atoms with Gasteiger partial charge in [0.05, 0.1) is 59.7 Å². The number of aromatic nitrogens is 4. The summed E-state index contributed by atoms with van der Waals surface area (Å²) in [5, 5.41) is 61.1. The molecule has 0 amide bonds. The predicted octanol–water partition coefficient (Wildman–Crippen LogP) is 1.75. The molecule has 4 atom stereocenters. The average Bonchev–Trinajstić information content (AvgIpc) is 3.20. The van der Waals surface area contributed by atoms with Crippen molar-refractivity contribution >= 4 is 93.8 Å². The average molecular weight is 1000 g/mol. The number of rotatable bonds is 20. The van der Waals surface area contributed by atoms with Crippen LogP contribution in [-0.2, 0) is 29.6 Å².